The van der Waals surface area contributed by atoms with Crippen molar-refractivity contribution in [3.8, 4) is 0 Å². The van der Waals surface area contributed by atoms with E-state index in [-0.39, 0.29) is 8.80 Å². The molecule has 0 aromatic rings. The van der Waals surface area contributed by atoms with Gasteiger partial charge in [0.2, 0.25) is 0 Å². The van der Waals surface area contributed by atoms with Crippen LogP contribution in [0.5, 0.6) is 0 Å². The Morgan fingerprint density at radius 3 is 1.33 bits per heavy atom. The number of hydrogen-bond donors (Lipinski definition) is 0. The lowest BCUT2D eigenvalue weighted by Crippen LogP contribution is -2.22. The molecule has 0 spiro atoms. The van der Waals surface area contributed by atoms with Crippen LogP contribution in [-0.4, -0.2) is 8.80 Å². The second-order valence-corrected chi connectivity index (χ2v) is 7.68. The molecule has 0 heterocycles. The summed E-state index contributed by atoms with van der Waals surface area (Å²) in [5.74, 6) is 0. The van der Waals surface area contributed by atoms with Crippen molar-refractivity contribution in [2.45, 2.75) is 51.7 Å². The highest BCUT2D eigenvalue weighted by Crippen LogP contribution is 2.30. The summed E-state index contributed by atoms with van der Waals surface area (Å²) in [4.78, 5) is 0. The number of hydrogen-bond acceptors (Lipinski definition) is 0. The minimum Gasteiger partial charge on any atom is -0.0680 e. The van der Waals surface area contributed by atoms with Crippen LogP contribution in [0.2, 0.25) is 17.1 Å². The molecule has 1 radical (unpaired) electrons. The van der Waals surface area contributed by atoms with Crippen LogP contribution in [0.4, 0.5) is 0 Å². The van der Waals surface area contributed by atoms with E-state index in [2.05, 4.69) is 34.6 Å². The summed E-state index contributed by atoms with van der Waals surface area (Å²) in [6, 6.07) is 2.84. The Morgan fingerprint density at radius 2 is 1.33 bits per heavy atom. The molecule has 0 aromatic heterocycles. The third-order valence-electron chi connectivity index (χ3n) is 1.91. The third-order valence-corrected chi connectivity index (χ3v) is 5.74. The lowest BCUT2D eigenvalue weighted by atomic mass is 10.2. The molecule has 0 atom stereocenters. The molecule has 1 heteroatoms. The molecule has 0 N–H and O–H groups in total. The van der Waals surface area contributed by atoms with Crippen LogP contribution in [0.1, 0.15) is 34.6 Å². The first-order chi connectivity index (χ1) is 4.02. The van der Waals surface area contributed by atoms with Crippen LogP contribution in [0.3, 0.4) is 0 Å². The fraction of sp³-hybridized carbons (Fsp3) is 1.00. The molecule has 0 aliphatic heterocycles. The summed E-state index contributed by atoms with van der Waals surface area (Å²) >= 11 is 0. The van der Waals surface area contributed by atoms with E-state index in [1.165, 1.54) is 12.1 Å². The predicted octanol–water partition coefficient (Wildman–Crippen LogP) is 3.32. The van der Waals surface area contributed by atoms with Crippen LogP contribution in [0.15, 0.2) is 0 Å². The summed E-state index contributed by atoms with van der Waals surface area (Å²) in [7, 11) is -0.0388. The summed E-state index contributed by atoms with van der Waals surface area (Å²) in [5.41, 5.74) is 0. The van der Waals surface area contributed by atoms with Crippen molar-refractivity contribution in [3.63, 3.8) is 0 Å². The summed E-state index contributed by atoms with van der Waals surface area (Å²) in [5, 5.41) is 0.619. The Bertz CT molecular complexity index is 67.1. The minimum atomic E-state index is -0.0388. The van der Waals surface area contributed by atoms with Gasteiger partial charge in [0.1, 0.15) is 0 Å². The molecule has 0 aliphatic rings. The molecule has 0 amide bonds. The van der Waals surface area contributed by atoms with E-state index in [1.54, 1.807) is 0 Å². The van der Waals surface area contributed by atoms with E-state index in [0.717, 1.165) is 0 Å². The third kappa shape index (κ3) is 3.04. The zero-order chi connectivity index (χ0) is 7.49. The second kappa shape index (κ2) is 3.40. The average molecular weight is 143 g/mol. The molecule has 0 fully saturated rings. The van der Waals surface area contributed by atoms with Crippen molar-refractivity contribution in [3.05, 3.63) is 0 Å². The van der Waals surface area contributed by atoms with Crippen molar-refractivity contribution in [2.75, 3.05) is 0 Å². The maximum absolute atomic E-state index is 2.37. The highest BCUT2D eigenvalue weighted by molar-refractivity contribution is 6.61. The Labute approximate surface area is 61.3 Å². The van der Waals surface area contributed by atoms with Crippen molar-refractivity contribution >= 4 is 8.80 Å². The molecular formula is C8H19Si. The Morgan fingerprint density at radius 1 is 1.00 bits per heavy atom. The number of rotatable bonds is 2. The van der Waals surface area contributed by atoms with Gasteiger partial charge >= 0.3 is 0 Å². The van der Waals surface area contributed by atoms with Crippen LogP contribution >= 0.6 is 0 Å². The first-order valence-electron chi connectivity index (χ1n) is 3.87. The van der Waals surface area contributed by atoms with Gasteiger partial charge in [0.15, 0.2) is 0 Å². The fourth-order valence-electron chi connectivity index (χ4n) is 1.31. The topological polar surface area (TPSA) is 0 Å². The van der Waals surface area contributed by atoms with E-state index in [4.69, 9.17) is 0 Å². The maximum Gasteiger partial charge on any atom is 0.0531 e. The highest BCUT2D eigenvalue weighted by Gasteiger charge is 2.22. The van der Waals surface area contributed by atoms with Gasteiger partial charge in [0.05, 0.1) is 8.80 Å². The Kier molecular flexibility index (Phi) is 3.48. The minimum absolute atomic E-state index is 0.0388. The summed E-state index contributed by atoms with van der Waals surface area (Å²) in [6.45, 7) is 11.8. The van der Waals surface area contributed by atoms with Gasteiger partial charge in [-0.1, -0.05) is 46.7 Å². The smallest absolute Gasteiger partial charge is 0.0531 e. The van der Waals surface area contributed by atoms with Gasteiger partial charge in [-0.3, -0.25) is 0 Å². The van der Waals surface area contributed by atoms with E-state index in [9.17, 15) is 0 Å². The van der Waals surface area contributed by atoms with Crippen LogP contribution in [0.25, 0.3) is 0 Å². The van der Waals surface area contributed by atoms with Crippen LogP contribution < -0.4 is 0 Å². The van der Waals surface area contributed by atoms with Gasteiger partial charge in [0.25, 0.3) is 0 Å². The van der Waals surface area contributed by atoms with E-state index >= 15 is 0 Å². The summed E-state index contributed by atoms with van der Waals surface area (Å²) < 4.78 is 0. The molecule has 0 bridgehead atoms. The quantitative estimate of drug-likeness (QED) is 0.520. The first-order valence-corrected chi connectivity index (χ1v) is 5.79. The van der Waals surface area contributed by atoms with Gasteiger partial charge in [-0.05, 0) is 5.04 Å². The van der Waals surface area contributed by atoms with Crippen LogP contribution in [0, 0.1) is 0 Å². The fourth-order valence-corrected chi connectivity index (χ4v) is 3.93. The standard InChI is InChI=1S/C8H19Si/c1-6-9(7-2)8(3,4)5/h6-7H2,1-5H3. The monoisotopic (exact) mass is 143 g/mol. The van der Waals surface area contributed by atoms with Crippen molar-refractivity contribution in [1.82, 2.24) is 0 Å². The predicted molar refractivity (Wildman–Crippen MR) is 46.4 cm³/mol. The molecule has 0 nitrogen and oxygen atoms in total. The van der Waals surface area contributed by atoms with Gasteiger partial charge in [-0.2, -0.15) is 0 Å². The average Bonchev–Trinajstić information content (AvgIpc) is 1.65. The van der Waals surface area contributed by atoms with E-state index in [1.807, 2.05) is 0 Å². The molecule has 0 saturated carbocycles. The Hall–Kier alpha value is 0.217. The molecule has 0 unspecified atom stereocenters. The zero-order valence-electron chi connectivity index (χ0n) is 7.41. The van der Waals surface area contributed by atoms with Crippen molar-refractivity contribution < 1.29 is 0 Å². The molecular weight excluding hydrogens is 124 g/mol. The van der Waals surface area contributed by atoms with Gasteiger partial charge in [0, 0.05) is 0 Å². The van der Waals surface area contributed by atoms with Gasteiger partial charge in [-0.25, -0.2) is 0 Å². The molecule has 0 aliphatic carbocycles. The van der Waals surface area contributed by atoms with E-state index in [0.29, 0.717) is 5.04 Å². The maximum atomic E-state index is 2.37. The molecule has 9 heavy (non-hydrogen) atoms. The second-order valence-electron chi connectivity index (χ2n) is 3.56. The molecule has 55 valence electrons. The summed E-state index contributed by atoms with van der Waals surface area (Å²) in [6.07, 6.45) is 0. The normalized spacial score (nSPS) is 12.7. The molecule has 0 rings (SSSR count). The largest absolute Gasteiger partial charge is 0.0680 e. The van der Waals surface area contributed by atoms with E-state index < -0.39 is 0 Å². The lowest BCUT2D eigenvalue weighted by Gasteiger charge is -2.26. The Balaban J connectivity index is 3.79. The molecule has 0 aromatic carbocycles. The zero-order valence-corrected chi connectivity index (χ0v) is 8.41. The van der Waals surface area contributed by atoms with Gasteiger partial charge in [-0.15, -0.1) is 0 Å². The van der Waals surface area contributed by atoms with Crippen molar-refractivity contribution in [1.29, 1.82) is 0 Å². The van der Waals surface area contributed by atoms with Gasteiger partial charge < -0.3 is 0 Å². The molecule has 0 saturated heterocycles. The van der Waals surface area contributed by atoms with Crippen LogP contribution in [-0.2, 0) is 0 Å². The van der Waals surface area contributed by atoms with Crippen molar-refractivity contribution in [2.24, 2.45) is 0 Å². The SMILES string of the molecule is CC[Si](CC)C(C)(C)C. The lowest BCUT2D eigenvalue weighted by molar-refractivity contribution is 0.728. The first kappa shape index (κ1) is 9.22. The highest BCUT2D eigenvalue weighted by atomic mass is 28.3.